The molecule has 2 rings (SSSR count). The highest BCUT2D eigenvalue weighted by atomic mass is 16.5. The SMILES string of the molecule is CCOc1cccnc1-n1cncn1. The molecule has 2 heterocycles. The van der Waals surface area contributed by atoms with Crippen molar-refractivity contribution in [3.05, 3.63) is 31.0 Å². The van der Waals surface area contributed by atoms with Gasteiger partial charge in [-0.25, -0.2) is 9.97 Å². The third kappa shape index (κ3) is 1.56. The van der Waals surface area contributed by atoms with Crippen LogP contribution in [-0.4, -0.2) is 26.4 Å². The summed E-state index contributed by atoms with van der Waals surface area (Å²) >= 11 is 0. The van der Waals surface area contributed by atoms with Gasteiger partial charge in [0.1, 0.15) is 12.7 Å². The van der Waals surface area contributed by atoms with E-state index in [1.807, 2.05) is 19.1 Å². The number of hydrogen-bond acceptors (Lipinski definition) is 4. The molecular formula is C9H10N4O. The highest BCUT2D eigenvalue weighted by molar-refractivity contribution is 5.38. The molecule has 0 saturated heterocycles. The van der Waals surface area contributed by atoms with E-state index in [-0.39, 0.29) is 0 Å². The van der Waals surface area contributed by atoms with Crippen molar-refractivity contribution in [3.8, 4) is 11.6 Å². The monoisotopic (exact) mass is 190 g/mol. The summed E-state index contributed by atoms with van der Waals surface area (Å²) in [5.74, 6) is 1.37. The number of nitrogens with zero attached hydrogens (tertiary/aromatic N) is 4. The zero-order valence-electron chi connectivity index (χ0n) is 7.79. The van der Waals surface area contributed by atoms with Crippen LogP contribution in [0.4, 0.5) is 0 Å². The summed E-state index contributed by atoms with van der Waals surface area (Å²) in [6, 6.07) is 3.68. The topological polar surface area (TPSA) is 52.8 Å². The number of ether oxygens (including phenoxy) is 1. The van der Waals surface area contributed by atoms with Gasteiger partial charge in [0.15, 0.2) is 11.6 Å². The first-order valence-electron chi connectivity index (χ1n) is 4.34. The van der Waals surface area contributed by atoms with Crippen molar-refractivity contribution in [1.29, 1.82) is 0 Å². The third-order valence-electron chi connectivity index (χ3n) is 1.69. The van der Waals surface area contributed by atoms with Crippen LogP contribution in [0.5, 0.6) is 5.75 Å². The Morgan fingerprint density at radius 2 is 2.43 bits per heavy atom. The van der Waals surface area contributed by atoms with E-state index in [4.69, 9.17) is 4.74 Å². The summed E-state index contributed by atoms with van der Waals surface area (Å²) < 4.78 is 6.98. The molecule has 0 fully saturated rings. The van der Waals surface area contributed by atoms with Crippen LogP contribution < -0.4 is 4.74 Å². The molecule has 2 aromatic rings. The highest BCUT2D eigenvalue weighted by Gasteiger charge is 2.05. The first-order valence-corrected chi connectivity index (χ1v) is 4.34. The Labute approximate surface area is 81.4 Å². The van der Waals surface area contributed by atoms with Gasteiger partial charge < -0.3 is 4.74 Å². The maximum Gasteiger partial charge on any atom is 0.197 e. The standard InChI is InChI=1S/C9H10N4O/c1-2-14-8-4-3-5-11-9(8)13-7-10-6-12-13/h3-7H,2H2,1H3. The summed E-state index contributed by atoms with van der Waals surface area (Å²) in [6.45, 7) is 2.53. The minimum absolute atomic E-state index is 0.605. The lowest BCUT2D eigenvalue weighted by molar-refractivity contribution is 0.336. The highest BCUT2D eigenvalue weighted by Crippen LogP contribution is 2.17. The van der Waals surface area contributed by atoms with Crippen LogP contribution in [0.1, 0.15) is 6.92 Å². The van der Waals surface area contributed by atoms with Crippen molar-refractivity contribution >= 4 is 0 Å². The molecular weight excluding hydrogens is 180 g/mol. The molecule has 72 valence electrons. The molecule has 0 atom stereocenters. The molecule has 0 aliphatic heterocycles. The Morgan fingerprint density at radius 3 is 3.14 bits per heavy atom. The van der Waals surface area contributed by atoms with Gasteiger partial charge in [0.2, 0.25) is 0 Å². The van der Waals surface area contributed by atoms with E-state index in [9.17, 15) is 0 Å². The average Bonchev–Trinajstić information content (AvgIpc) is 2.72. The van der Waals surface area contributed by atoms with E-state index in [1.54, 1.807) is 17.2 Å². The van der Waals surface area contributed by atoms with E-state index in [0.717, 1.165) is 0 Å². The van der Waals surface area contributed by atoms with Gasteiger partial charge in [0.05, 0.1) is 6.61 Å². The largest absolute Gasteiger partial charge is 0.490 e. The summed E-state index contributed by atoms with van der Waals surface area (Å²) in [6.07, 6.45) is 4.74. The van der Waals surface area contributed by atoms with Gasteiger partial charge in [0.25, 0.3) is 0 Å². The summed E-state index contributed by atoms with van der Waals surface area (Å²) in [5.41, 5.74) is 0. The minimum atomic E-state index is 0.605. The summed E-state index contributed by atoms with van der Waals surface area (Å²) in [5, 5.41) is 3.99. The lowest BCUT2D eigenvalue weighted by Gasteiger charge is -2.07. The predicted molar refractivity (Wildman–Crippen MR) is 50.3 cm³/mol. The second-order valence-corrected chi connectivity index (χ2v) is 2.60. The smallest absolute Gasteiger partial charge is 0.197 e. The third-order valence-corrected chi connectivity index (χ3v) is 1.69. The fourth-order valence-electron chi connectivity index (χ4n) is 1.14. The van der Waals surface area contributed by atoms with Gasteiger partial charge >= 0.3 is 0 Å². The van der Waals surface area contributed by atoms with Crippen LogP contribution in [0.25, 0.3) is 5.82 Å². The Morgan fingerprint density at radius 1 is 1.50 bits per heavy atom. The van der Waals surface area contributed by atoms with Crippen LogP contribution in [-0.2, 0) is 0 Å². The molecule has 0 aromatic carbocycles. The molecule has 0 spiro atoms. The van der Waals surface area contributed by atoms with Crippen molar-refractivity contribution in [1.82, 2.24) is 19.7 Å². The molecule has 0 radical (unpaired) electrons. The summed E-state index contributed by atoms with van der Waals surface area (Å²) in [4.78, 5) is 8.03. The van der Waals surface area contributed by atoms with Gasteiger partial charge in [0, 0.05) is 6.20 Å². The van der Waals surface area contributed by atoms with E-state index in [2.05, 4.69) is 15.1 Å². The molecule has 14 heavy (non-hydrogen) atoms. The molecule has 0 aliphatic rings. The molecule has 5 nitrogen and oxygen atoms in total. The van der Waals surface area contributed by atoms with Crippen LogP contribution >= 0.6 is 0 Å². The second kappa shape index (κ2) is 3.87. The van der Waals surface area contributed by atoms with Gasteiger partial charge in [-0.1, -0.05) is 0 Å². The lowest BCUT2D eigenvalue weighted by atomic mass is 10.4. The number of rotatable bonds is 3. The van der Waals surface area contributed by atoms with E-state index >= 15 is 0 Å². The van der Waals surface area contributed by atoms with Crippen molar-refractivity contribution in [2.75, 3.05) is 6.61 Å². The fourth-order valence-corrected chi connectivity index (χ4v) is 1.14. The Bertz CT molecular complexity index is 399. The predicted octanol–water partition coefficient (Wildman–Crippen LogP) is 1.06. The normalized spacial score (nSPS) is 10.1. The van der Waals surface area contributed by atoms with Crippen LogP contribution in [0.2, 0.25) is 0 Å². The first-order chi connectivity index (χ1) is 6.92. The number of pyridine rings is 1. The van der Waals surface area contributed by atoms with E-state index in [0.29, 0.717) is 18.2 Å². The van der Waals surface area contributed by atoms with Crippen LogP contribution in [0, 0.1) is 0 Å². The van der Waals surface area contributed by atoms with Crippen molar-refractivity contribution in [2.24, 2.45) is 0 Å². The Hall–Kier alpha value is -1.91. The molecule has 0 bridgehead atoms. The Balaban J connectivity index is 2.42. The van der Waals surface area contributed by atoms with Gasteiger partial charge in [-0.3, -0.25) is 0 Å². The average molecular weight is 190 g/mol. The van der Waals surface area contributed by atoms with Crippen LogP contribution in [0.15, 0.2) is 31.0 Å². The Kier molecular flexibility index (Phi) is 2.40. The van der Waals surface area contributed by atoms with Gasteiger partial charge in [-0.2, -0.15) is 9.78 Å². The maximum atomic E-state index is 5.41. The molecule has 5 heteroatoms. The number of hydrogen-bond donors (Lipinski definition) is 0. The van der Waals surface area contributed by atoms with E-state index in [1.165, 1.54) is 6.33 Å². The molecule has 2 aromatic heterocycles. The molecule has 0 unspecified atom stereocenters. The van der Waals surface area contributed by atoms with Crippen molar-refractivity contribution < 1.29 is 4.74 Å². The quantitative estimate of drug-likeness (QED) is 0.726. The molecule has 0 amide bonds. The minimum Gasteiger partial charge on any atom is -0.490 e. The lowest BCUT2D eigenvalue weighted by Crippen LogP contribution is -2.02. The fraction of sp³-hybridized carbons (Fsp3) is 0.222. The molecule has 0 saturated carbocycles. The van der Waals surface area contributed by atoms with Gasteiger partial charge in [-0.15, -0.1) is 0 Å². The van der Waals surface area contributed by atoms with Crippen molar-refractivity contribution in [2.45, 2.75) is 6.92 Å². The molecule has 0 aliphatic carbocycles. The zero-order chi connectivity index (χ0) is 9.80. The molecule has 0 N–H and O–H groups in total. The summed E-state index contributed by atoms with van der Waals surface area (Å²) in [7, 11) is 0. The zero-order valence-corrected chi connectivity index (χ0v) is 7.79. The number of aromatic nitrogens is 4. The van der Waals surface area contributed by atoms with Crippen LogP contribution in [0.3, 0.4) is 0 Å². The first kappa shape index (κ1) is 8.68. The van der Waals surface area contributed by atoms with E-state index < -0.39 is 0 Å². The van der Waals surface area contributed by atoms with Crippen molar-refractivity contribution in [3.63, 3.8) is 0 Å². The van der Waals surface area contributed by atoms with Gasteiger partial charge in [-0.05, 0) is 19.1 Å². The second-order valence-electron chi connectivity index (χ2n) is 2.60. The maximum absolute atomic E-state index is 5.41.